The van der Waals surface area contributed by atoms with Gasteiger partial charge in [-0.2, -0.15) is 0 Å². The third-order valence-electron chi connectivity index (χ3n) is 5.20. The number of hydrogen-bond acceptors (Lipinski definition) is 2. The van der Waals surface area contributed by atoms with Crippen LogP contribution < -0.4 is 5.73 Å². The molecule has 0 aliphatic heterocycles. The summed E-state index contributed by atoms with van der Waals surface area (Å²) in [6.07, 6.45) is 8.50. The molecule has 4 unspecified atom stereocenters. The van der Waals surface area contributed by atoms with Crippen molar-refractivity contribution in [3.8, 4) is 0 Å². The standard InChI is InChI=1S/C15H30N2/c1-3-17(4-2)8-7-15(16)11-14-10-12-5-6-13(14)9-12/h12-15H,3-11,16H2,1-2H3. The summed E-state index contributed by atoms with van der Waals surface area (Å²) >= 11 is 0. The van der Waals surface area contributed by atoms with E-state index in [1.54, 1.807) is 0 Å². The molecule has 2 heteroatoms. The molecule has 2 nitrogen and oxygen atoms in total. The highest BCUT2D eigenvalue weighted by Gasteiger charge is 2.39. The summed E-state index contributed by atoms with van der Waals surface area (Å²) in [4.78, 5) is 2.49. The molecule has 2 saturated carbocycles. The zero-order valence-electron chi connectivity index (χ0n) is 11.7. The molecule has 0 saturated heterocycles. The van der Waals surface area contributed by atoms with Gasteiger partial charge in [-0.05, 0) is 69.5 Å². The zero-order chi connectivity index (χ0) is 12.3. The number of nitrogens with two attached hydrogens (primary N) is 1. The molecule has 4 atom stereocenters. The van der Waals surface area contributed by atoms with Crippen LogP contribution in [0, 0.1) is 17.8 Å². The van der Waals surface area contributed by atoms with Crippen LogP contribution in [-0.2, 0) is 0 Å². The first kappa shape index (κ1) is 13.4. The van der Waals surface area contributed by atoms with E-state index < -0.39 is 0 Å². The minimum absolute atomic E-state index is 0.444. The maximum atomic E-state index is 6.32. The Bertz CT molecular complexity index is 225. The van der Waals surface area contributed by atoms with Gasteiger partial charge in [0.15, 0.2) is 0 Å². The van der Waals surface area contributed by atoms with Gasteiger partial charge < -0.3 is 10.6 Å². The Balaban J connectivity index is 1.65. The van der Waals surface area contributed by atoms with Crippen molar-refractivity contribution in [2.75, 3.05) is 19.6 Å². The maximum Gasteiger partial charge on any atom is 0.00537 e. The quantitative estimate of drug-likeness (QED) is 0.739. The molecule has 0 aromatic heterocycles. The lowest BCUT2D eigenvalue weighted by Crippen LogP contribution is -2.32. The van der Waals surface area contributed by atoms with E-state index in [2.05, 4.69) is 18.7 Å². The van der Waals surface area contributed by atoms with Gasteiger partial charge in [-0.3, -0.25) is 0 Å². The molecule has 0 spiro atoms. The van der Waals surface area contributed by atoms with Crippen LogP contribution >= 0.6 is 0 Å². The molecule has 0 heterocycles. The first-order chi connectivity index (χ1) is 8.22. The molecule has 2 rings (SSSR count). The fraction of sp³-hybridized carbons (Fsp3) is 1.00. The molecule has 2 N–H and O–H groups in total. The molecule has 2 bridgehead atoms. The van der Waals surface area contributed by atoms with Gasteiger partial charge in [0.1, 0.15) is 0 Å². The van der Waals surface area contributed by atoms with E-state index in [0.29, 0.717) is 6.04 Å². The summed E-state index contributed by atoms with van der Waals surface area (Å²) < 4.78 is 0. The number of nitrogens with zero attached hydrogens (tertiary/aromatic N) is 1. The molecule has 0 aromatic rings. The van der Waals surface area contributed by atoms with E-state index in [9.17, 15) is 0 Å². The lowest BCUT2D eigenvalue weighted by molar-refractivity contribution is 0.257. The second-order valence-corrected chi connectivity index (χ2v) is 6.25. The minimum Gasteiger partial charge on any atom is -0.328 e. The zero-order valence-corrected chi connectivity index (χ0v) is 11.7. The molecule has 0 radical (unpaired) electrons. The normalized spacial score (nSPS) is 33.5. The van der Waals surface area contributed by atoms with Gasteiger partial charge in [-0.1, -0.05) is 20.3 Å². The lowest BCUT2D eigenvalue weighted by Gasteiger charge is -2.26. The monoisotopic (exact) mass is 238 g/mol. The predicted octanol–water partition coefficient (Wildman–Crippen LogP) is 2.87. The Morgan fingerprint density at radius 3 is 2.47 bits per heavy atom. The van der Waals surface area contributed by atoms with Crippen LogP contribution in [0.15, 0.2) is 0 Å². The van der Waals surface area contributed by atoms with Gasteiger partial charge in [-0.25, -0.2) is 0 Å². The first-order valence-corrected chi connectivity index (χ1v) is 7.70. The number of rotatable bonds is 7. The summed E-state index contributed by atoms with van der Waals surface area (Å²) in [5.74, 6) is 3.08. The van der Waals surface area contributed by atoms with Gasteiger partial charge in [-0.15, -0.1) is 0 Å². The smallest absolute Gasteiger partial charge is 0.00537 e. The highest BCUT2D eigenvalue weighted by molar-refractivity contribution is 4.91. The molecule has 0 aromatic carbocycles. The Kier molecular flexibility index (Phi) is 4.87. The van der Waals surface area contributed by atoms with Crippen LogP contribution in [0.1, 0.15) is 52.4 Å². The molecular weight excluding hydrogens is 208 g/mol. The third kappa shape index (κ3) is 3.45. The second-order valence-electron chi connectivity index (χ2n) is 6.25. The molecule has 0 amide bonds. The summed E-state index contributed by atoms with van der Waals surface area (Å²) in [5.41, 5.74) is 6.32. The van der Waals surface area contributed by atoms with Gasteiger partial charge in [0.05, 0.1) is 0 Å². The molecule has 17 heavy (non-hydrogen) atoms. The average molecular weight is 238 g/mol. The largest absolute Gasteiger partial charge is 0.328 e. The summed E-state index contributed by atoms with van der Waals surface area (Å²) in [5, 5.41) is 0. The Morgan fingerprint density at radius 1 is 1.18 bits per heavy atom. The van der Waals surface area contributed by atoms with Crippen LogP contribution in [0.4, 0.5) is 0 Å². The SMILES string of the molecule is CCN(CC)CCC(N)CC1CC2CCC1C2. The highest BCUT2D eigenvalue weighted by Crippen LogP contribution is 2.49. The van der Waals surface area contributed by atoms with Crippen LogP contribution in [-0.4, -0.2) is 30.6 Å². The molecule has 2 fully saturated rings. The topological polar surface area (TPSA) is 29.3 Å². The van der Waals surface area contributed by atoms with Crippen molar-refractivity contribution >= 4 is 0 Å². The summed E-state index contributed by atoms with van der Waals surface area (Å²) in [6, 6.07) is 0.444. The van der Waals surface area contributed by atoms with Crippen LogP contribution in [0.25, 0.3) is 0 Å². The first-order valence-electron chi connectivity index (χ1n) is 7.70. The Hall–Kier alpha value is -0.0800. The van der Waals surface area contributed by atoms with Crippen molar-refractivity contribution < 1.29 is 0 Å². The molecule has 2 aliphatic carbocycles. The summed E-state index contributed by atoms with van der Waals surface area (Å²) in [6.45, 7) is 8.00. The Morgan fingerprint density at radius 2 is 1.94 bits per heavy atom. The van der Waals surface area contributed by atoms with Gasteiger partial charge >= 0.3 is 0 Å². The highest BCUT2D eigenvalue weighted by atomic mass is 15.1. The van der Waals surface area contributed by atoms with Gasteiger partial charge in [0.2, 0.25) is 0 Å². The molecule has 100 valence electrons. The Labute approximate surface area is 107 Å². The van der Waals surface area contributed by atoms with Crippen LogP contribution in [0.2, 0.25) is 0 Å². The molecule has 2 aliphatic rings. The van der Waals surface area contributed by atoms with Gasteiger partial charge in [0, 0.05) is 6.04 Å². The lowest BCUT2D eigenvalue weighted by atomic mass is 9.84. The van der Waals surface area contributed by atoms with E-state index in [0.717, 1.165) is 30.8 Å². The fourth-order valence-electron chi connectivity index (χ4n) is 4.06. The van der Waals surface area contributed by atoms with E-state index >= 15 is 0 Å². The van der Waals surface area contributed by atoms with Gasteiger partial charge in [0.25, 0.3) is 0 Å². The van der Waals surface area contributed by atoms with E-state index in [1.165, 1.54) is 45.1 Å². The number of fused-ring (bicyclic) bond motifs is 2. The number of hydrogen-bond donors (Lipinski definition) is 1. The predicted molar refractivity (Wildman–Crippen MR) is 73.9 cm³/mol. The van der Waals surface area contributed by atoms with Crippen molar-refractivity contribution in [2.24, 2.45) is 23.5 Å². The summed E-state index contributed by atoms with van der Waals surface area (Å²) in [7, 11) is 0. The van der Waals surface area contributed by atoms with E-state index in [1.807, 2.05) is 0 Å². The van der Waals surface area contributed by atoms with Crippen molar-refractivity contribution in [3.63, 3.8) is 0 Å². The van der Waals surface area contributed by atoms with Crippen LogP contribution in [0.3, 0.4) is 0 Å². The van der Waals surface area contributed by atoms with Crippen molar-refractivity contribution in [1.82, 2.24) is 4.90 Å². The van der Waals surface area contributed by atoms with E-state index in [4.69, 9.17) is 5.73 Å². The third-order valence-corrected chi connectivity index (χ3v) is 5.20. The fourth-order valence-corrected chi connectivity index (χ4v) is 4.06. The molecular formula is C15H30N2. The maximum absolute atomic E-state index is 6.32. The van der Waals surface area contributed by atoms with Crippen molar-refractivity contribution in [2.45, 2.75) is 58.4 Å². The minimum atomic E-state index is 0.444. The van der Waals surface area contributed by atoms with Crippen molar-refractivity contribution in [1.29, 1.82) is 0 Å². The average Bonchev–Trinajstić information content (AvgIpc) is 2.92. The van der Waals surface area contributed by atoms with E-state index in [-0.39, 0.29) is 0 Å². The van der Waals surface area contributed by atoms with Crippen LogP contribution in [0.5, 0.6) is 0 Å². The van der Waals surface area contributed by atoms with Crippen molar-refractivity contribution in [3.05, 3.63) is 0 Å². The second kappa shape index (κ2) is 6.19.